The fourth-order valence-corrected chi connectivity index (χ4v) is 4.72. The third-order valence-corrected chi connectivity index (χ3v) is 6.23. The number of halogens is 1. The number of nitriles is 1. The highest BCUT2D eigenvalue weighted by Crippen LogP contribution is 2.35. The number of nitrogens with two attached hydrogens (primary N) is 1. The fourth-order valence-electron chi connectivity index (χ4n) is 4.50. The second kappa shape index (κ2) is 7.57. The summed E-state index contributed by atoms with van der Waals surface area (Å²) in [5, 5.41) is 18.8. The molecule has 0 amide bonds. The van der Waals surface area contributed by atoms with Crippen LogP contribution < -0.4 is 16.2 Å². The van der Waals surface area contributed by atoms with Crippen LogP contribution in [0, 0.1) is 11.3 Å². The van der Waals surface area contributed by atoms with Crippen LogP contribution in [0.25, 0.3) is 16.9 Å². The van der Waals surface area contributed by atoms with Gasteiger partial charge >= 0.3 is 0 Å². The lowest BCUT2D eigenvalue weighted by molar-refractivity contribution is 0.591. The molecule has 0 radical (unpaired) electrons. The van der Waals surface area contributed by atoms with E-state index >= 15 is 0 Å². The molecule has 0 bridgehead atoms. The Labute approximate surface area is 197 Å². The highest BCUT2D eigenvalue weighted by molar-refractivity contribution is 6.33. The van der Waals surface area contributed by atoms with E-state index in [0.717, 1.165) is 12.8 Å². The molecule has 1 fully saturated rings. The number of benzene rings is 1. The minimum atomic E-state index is -0.314. The molecule has 5 aromatic rings. The van der Waals surface area contributed by atoms with Crippen LogP contribution in [0.15, 0.2) is 53.5 Å². The number of para-hydroxylation sites is 1. The number of fused-ring (bicyclic) bond motifs is 2. The molecule has 4 aromatic heterocycles. The van der Waals surface area contributed by atoms with Crippen molar-refractivity contribution < 1.29 is 0 Å². The summed E-state index contributed by atoms with van der Waals surface area (Å²) in [4.78, 5) is 24.3. The Balaban J connectivity index is 1.60. The highest BCUT2D eigenvalue weighted by Gasteiger charge is 2.34. The molecule has 34 heavy (non-hydrogen) atoms. The van der Waals surface area contributed by atoms with Gasteiger partial charge in [0.1, 0.15) is 11.6 Å². The quantitative estimate of drug-likeness (QED) is 0.422. The molecular weight excluding hydrogens is 456 g/mol. The van der Waals surface area contributed by atoms with Crippen molar-refractivity contribution in [2.45, 2.75) is 18.9 Å². The van der Waals surface area contributed by atoms with Gasteiger partial charge in [-0.3, -0.25) is 9.36 Å². The molecule has 12 heteroatoms. The number of nitrogen functional groups attached to an aromatic ring is 1. The van der Waals surface area contributed by atoms with Crippen LogP contribution in [0.3, 0.4) is 0 Å². The third-order valence-electron chi connectivity index (χ3n) is 5.92. The van der Waals surface area contributed by atoms with Gasteiger partial charge in [0, 0.05) is 18.8 Å². The Kier molecular flexibility index (Phi) is 4.50. The summed E-state index contributed by atoms with van der Waals surface area (Å²) < 4.78 is 4.61. The first kappa shape index (κ1) is 20.2. The van der Waals surface area contributed by atoms with Gasteiger partial charge in [0.25, 0.3) is 5.56 Å². The third kappa shape index (κ3) is 3.00. The van der Waals surface area contributed by atoms with Crippen molar-refractivity contribution in [2.75, 3.05) is 17.2 Å². The number of hydrogen-bond acceptors (Lipinski definition) is 8. The first-order valence-electron chi connectivity index (χ1n) is 10.6. The van der Waals surface area contributed by atoms with E-state index < -0.39 is 0 Å². The number of nitrogens with zero attached hydrogens (tertiary/aromatic N) is 9. The minimum absolute atomic E-state index is 0.0681. The molecular formula is C22H17ClN10O. The van der Waals surface area contributed by atoms with Crippen LogP contribution in [-0.4, -0.2) is 40.3 Å². The number of hydrogen-bond donors (Lipinski definition) is 1. The molecule has 0 saturated carbocycles. The van der Waals surface area contributed by atoms with Gasteiger partial charge in [0.05, 0.1) is 16.8 Å². The summed E-state index contributed by atoms with van der Waals surface area (Å²) in [6, 6.07) is 14.2. The summed E-state index contributed by atoms with van der Waals surface area (Å²) >= 11 is 6.32. The Bertz CT molecular complexity index is 1660. The lowest BCUT2D eigenvalue weighted by atomic mass is 10.2. The largest absolute Gasteiger partial charge is 0.368 e. The zero-order valence-corrected chi connectivity index (χ0v) is 18.5. The predicted octanol–water partition coefficient (Wildman–Crippen LogP) is 2.37. The van der Waals surface area contributed by atoms with Crippen LogP contribution in [0.2, 0.25) is 5.02 Å². The number of anilines is 2. The maximum atomic E-state index is 13.6. The van der Waals surface area contributed by atoms with E-state index in [9.17, 15) is 10.1 Å². The molecule has 0 aliphatic carbocycles. The second-order valence-electron chi connectivity index (χ2n) is 7.94. The van der Waals surface area contributed by atoms with E-state index in [-0.39, 0.29) is 23.2 Å². The van der Waals surface area contributed by atoms with Crippen molar-refractivity contribution in [1.82, 2.24) is 33.8 Å². The molecule has 6 rings (SSSR count). The van der Waals surface area contributed by atoms with Gasteiger partial charge in [-0.05, 0) is 31.0 Å². The van der Waals surface area contributed by atoms with Gasteiger partial charge in [0.15, 0.2) is 17.2 Å². The van der Waals surface area contributed by atoms with E-state index in [0.29, 0.717) is 40.2 Å². The maximum absolute atomic E-state index is 13.6. The summed E-state index contributed by atoms with van der Waals surface area (Å²) in [5.41, 5.74) is 7.33. The van der Waals surface area contributed by atoms with E-state index in [1.165, 1.54) is 9.03 Å². The SMILES string of the molecule is N#Cc1cc2nc(N)nc(N3CCCC3c3nn4ccc(Cl)c4c(=O)n3-c3ccccc3)n2n1. The Hall–Kier alpha value is -4.43. The van der Waals surface area contributed by atoms with E-state index in [4.69, 9.17) is 22.4 Å². The molecule has 1 aromatic carbocycles. The molecule has 0 spiro atoms. The summed E-state index contributed by atoms with van der Waals surface area (Å²) in [5.74, 6) is 1.04. The van der Waals surface area contributed by atoms with Crippen LogP contribution in [0.5, 0.6) is 0 Å². The van der Waals surface area contributed by atoms with E-state index in [1.54, 1.807) is 22.9 Å². The molecule has 1 aliphatic heterocycles. The van der Waals surface area contributed by atoms with Gasteiger partial charge in [-0.25, -0.2) is 4.52 Å². The number of aromatic nitrogens is 7. The fraction of sp³-hybridized carbons (Fsp3) is 0.182. The van der Waals surface area contributed by atoms with Crippen molar-refractivity contribution in [1.29, 1.82) is 5.26 Å². The smallest absolute Gasteiger partial charge is 0.284 e. The normalized spacial score (nSPS) is 15.9. The molecule has 1 saturated heterocycles. The van der Waals surface area contributed by atoms with Crippen molar-refractivity contribution >= 4 is 34.7 Å². The Morgan fingerprint density at radius 1 is 1.15 bits per heavy atom. The zero-order valence-electron chi connectivity index (χ0n) is 17.7. The molecule has 5 heterocycles. The first-order chi connectivity index (χ1) is 16.5. The van der Waals surface area contributed by atoms with Gasteiger partial charge < -0.3 is 10.6 Å². The second-order valence-corrected chi connectivity index (χ2v) is 8.34. The van der Waals surface area contributed by atoms with Crippen LogP contribution in [0.1, 0.15) is 30.4 Å². The van der Waals surface area contributed by atoms with E-state index in [2.05, 4.69) is 15.1 Å². The van der Waals surface area contributed by atoms with Gasteiger partial charge in [-0.2, -0.15) is 29.9 Å². The van der Waals surface area contributed by atoms with Crippen LogP contribution in [-0.2, 0) is 0 Å². The lowest BCUT2D eigenvalue weighted by Crippen LogP contribution is -2.34. The summed E-state index contributed by atoms with van der Waals surface area (Å²) in [6.07, 6.45) is 3.22. The Morgan fingerprint density at radius 3 is 2.76 bits per heavy atom. The lowest BCUT2D eigenvalue weighted by Gasteiger charge is -2.27. The molecule has 2 N–H and O–H groups in total. The summed E-state index contributed by atoms with van der Waals surface area (Å²) in [7, 11) is 0. The first-order valence-corrected chi connectivity index (χ1v) is 11.0. The van der Waals surface area contributed by atoms with Crippen molar-refractivity contribution in [2.24, 2.45) is 0 Å². The molecule has 1 unspecified atom stereocenters. The predicted molar refractivity (Wildman–Crippen MR) is 125 cm³/mol. The van der Waals surface area contributed by atoms with Crippen molar-refractivity contribution in [3.8, 4) is 11.8 Å². The average Bonchev–Trinajstić information content (AvgIpc) is 3.57. The maximum Gasteiger partial charge on any atom is 0.284 e. The topological polar surface area (TPSA) is 135 Å². The number of rotatable bonds is 3. The van der Waals surface area contributed by atoms with Crippen LogP contribution >= 0.6 is 11.6 Å². The molecule has 168 valence electrons. The molecule has 1 atom stereocenters. The average molecular weight is 473 g/mol. The van der Waals surface area contributed by atoms with E-state index in [1.807, 2.05) is 41.3 Å². The standard InChI is InChI=1S/C22H17ClN10O/c23-15-8-10-31-18(15)20(34)32(14-5-2-1-3-6-14)19(29-31)16-7-4-9-30(16)22-27-21(25)26-17-11-13(12-24)28-33(17)22/h1-3,5-6,8,10-11,16H,4,7,9H2,(H2,25,26). The van der Waals surface area contributed by atoms with Crippen molar-refractivity contribution in [3.63, 3.8) is 0 Å². The molecule has 11 nitrogen and oxygen atoms in total. The monoisotopic (exact) mass is 472 g/mol. The van der Waals surface area contributed by atoms with Crippen molar-refractivity contribution in [3.05, 3.63) is 75.6 Å². The molecule has 1 aliphatic rings. The minimum Gasteiger partial charge on any atom is -0.368 e. The van der Waals surface area contributed by atoms with Crippen LogP contribution in [0.4, 0.5) is 11.9 Å². The van der Waals surface area contributed by atoms with Gasteiger partial charge in [0.2, 0.25) is 11.9 Å². The van der Waals surface area contributed by atoms with Gasteiger partial charge in [-0.1, -0.05) is 29.8 Å². The van der Waals surface area contributed by atoms with Gasteiger partial charge in [-0.15, -0.1) is 0 Å². The Morgan fingerprint density at radius 2 is 1.97 bits per heavy atom. The zero-order chi connectivity index (χ0) is 23.4. The summed E-state index contributed by atoms with van der Waals surface area (Å²) in [6.45, 7) is 0.632. The highest BCUT2D eigenvalue weighted by atomic mass is 35.5.